The van der Waals surface area contributed by atoms with Gasteiger partial charge in [0.2, 0.25) is 0 Å². The predicted molar refractivity (Wildman–Crippen MR) is 152 cm³/mol. The van der Waals surface area contributed by atoms with Crippen LogP contribution in [0.2, 0.25) is 0 Å². The fourth-order valence-electron chi connectivity index (χ4n) is 5.54. The van der Waals surface area contributed by atoms with Crippen LogP contribution in [0.25, 0.3) is 16.8 Å². The van der Waals surface area contributed by atoms with Crippen molar-refractivity contribution in [3.63, 3.8) is 0 Å². The van der Waals surface area contributed by atoms with Crippen molar-refractivity contribution in [1.82, 2.24) is 24.3 Å². The number of nitrogens with two attached hydrogens (primary N) is 1. The molecule has 3 N–H and O–H groups in total. The zero-order chi connectivity index (χ0) is 30.7. The third-order valence-corrected chi connectivity index (χ3v) is 7.77. The number of nitrogens with one attached hydrogen (secondary N) is 1. The lowest BCUT2D eigenvalue weighted by molar-refractivity contribution is 0.0211. The lowest BCUT2D eigenvalue weighted by Gasteiger charge is -2.28. The monoisotopic (exact) mass is 593 g/mol. The van der Waals surface area contributed by atoms with E-state index in [-0.39, 0.29) is 39.4 Å². The van der Waals surface area contributed by atoms with Crippen molar-refractivity contribution in [3.8, 4) is 11.3 Å². The van der Waals surface area contributed by atoms with E-state index in [0.717, 1.165) is 37.2 Å². The summed E-state index contributed by atoms with van der Waals surface area (Å²) in [6.45, 7) is 5.95. The summed E-state index contributed by atoms with van der Waals surface area (Å²) in [6.07, 6.45) is 3.81. The molecule has 1 aliphatic heterocycles. The highest BCUT2D eigenvalue weighted by Crippen LogP contribution is 2.58. The van der Waals surface area contributed by atoms with Gasteiger partial charge in [-0.2, -0.15) is 0 Å². The molecule has 0 unspecified atom stereocenters. The minimum atomic E-state index is -2.73. The summed E-state index contributed by atoms with van der Waals surface area (Å²) >= 11 is 0. The van der Waals surface area contributed by atoms with Crippen molar-refractivity contribution in [1.29, 1.82) is 0 Å². The second-order valence-corrected chi connectivity index (χ2v) is 12.1. The molecule has 2 amide bonds. The fraction of sp³-hybridized carbons (Fsp3) is 0.367. The van der Waals surface area contributed by atoms with Gasteiger partial charge < -0.3 is 15.8 Å². The van der Waals surface area contributed by atoms with Gasteiger partial charge >= 0.3 is 6.09 Å². The molecule has 1 atom stereocenters. The molecule has 1 spiro atoms. The number of nitrogen functional groups attached to an aromatic ring is 1. The molecule has 13 heteroatoms. The second kappa shape index (κ2) is 10.2. The van der Waals surface area contributed by atoms with Gasteiger partial charge in [0.25, 0.3) is 12.3 Å². The van der Waals surface area contributed by atoms with E-state index < -0.39 is 35.9 Å². The zero-order valence-corrected chi connectivity index (χ0v) is 23.8. The van der Waals surface area contributed by atoms with Crippen LogP contribution >= 0.6 is 0 Å². The summed E-state index contributed by atoms with van der Waals surface area (Å²) < 4.78 is 49.2. The molecule has 43 heavy (non-hydrogen) atoms. The van der Waals surface area contributed by atoms with E-state index in [0.29, 0.717) is 24.3 Å². The van der Waals surface area contributed by atoms with Crippen LogP contribution in [0.5, 0.6) is 0 Å². The number of alkyl halides is 2. The number of hydrogen-bond acceptors (Lipinski definition) is 7. The van der Waals surface area contributed by atoms with Crippen LogP contribution in [-0.4, -0.2) is 48.4 Å². The van der Waals surface area contributed by atoms with Crippen LogP contribution in [0.15, 0.2) is 48.9 Å². The van der Waals surface area contributed by atoms with Gasteiger partial charge in [-0.25, -0.2) is 32.9 Å². The maximum Gasteiger partial charge on any atom is 0.410 e. The van der Waals surface area contributed by atoms with E-state index in [1.54, 1.807) is 15.5 Å². The molecule has 1 saturated heterocycles. The number of amides is 2. The van der Waals surface area contributed by atoms with E-state index in [9.17, 15) is 18.4 Å². The number of rotatable bonds is 5. The minimum Gasteiger partial charge on any atom is -0.444 e. The second-order valence-electron chi connectivity index (χ2n) is 12.1. The lowest BCUT2D eigenvalue weighted by atomic mass is 10.0. The van der Waals surface area contributed by atoms with E-state index in [1.807, 2.05) is 20.8 Å². The van der Waals surface area contributed by atoms with Crippen LogP contribution in [0.3, 0.4) is 0 Å². The number of ether oxygens (including phenoxy) is 1. The van der Waals surface area contributed by atoms with Crippen LogP contribution < -0.4 is 11.1 Å². The number of halogens is 3. The number of pyridine rings is 1. The van der Waals surface area contributed by atoms with Crippen molar-refractivity contribution >= 4 is 29.2 Å². The number of anilines is 2. The maximum atomic E-state index is 15.7. The summed E-state index contributed by atoms with van der Waals surface area (Å²) in [5.74, 6) is -0.957. The predicted octanol–water partition coefficient (Wildman–Crippen LogP) is 6.16. The SMILES string of the molecule is CC(C)(C)OC(=O)N1CC2(CC2)C[C@H]1c1nc(-c2ccc(C(=O)Nc3cc(C(F)F)ccn3)cc2F)c2c(N)nccn12. The average Bonchev–Trinajstić information content (AvgIpc) is 3.42. The Labute approximate surface area is 245 Å². The summed E-state index contributed by atoms with van der Waals surface area (Å²) in [5, 5.41) is 2.42. The highest BCUT2D eigenvalue weighted by Gasteiger charge is 2.55. The highest BCUT2D eigenvalue weighted by atomic mass is 19.3. The molecule has 2 aliphatic rings. The summed E-state index contributed by atoms with van der Waals surface area (Å²) in [7, 11) is 0. The number of fused-ring (bicyclic) bond motifs is 1. The Morgan fingerprint density at radius 2 is 1.91 bits per heavy atom. The molecule has 4 aromatic rings. The molecular formula is C30H30F3N7O3. The Bertz CT molecular complexity index is 1750. The largest absolute Gasteiger partial charge is 0.444 e. The first-order chi connectivity index (χ1) is 20.3. The van der Waals surface area contributed by atoms with Crippen molar-refractivity contribution in [3.05, 3.63) is 71.7 Å². The average molecular weight is 594 g/mol. The number of benzene rings is 1. The maximum absolute atomic E-state index is 15.7. The molecular weight excluding hydrogens is 563 g/mol. The fourth-order valence-corrected chi connectivity index (χ4v) is 5.54. The molecule has 3 aromatic heterocycles. The molecule has 6 rings (SSSR count). The standard InChI is InChI=1S/C30H30F3N7O3/c1-29(2,3)43-28(42)40-15-30(7-8-30)14-20(40)26-38-22(23-25(34)36-10-11-39(23)26)18-5-4-17(12-19(18)31)27(41)37-21-13-16(24(32)33)6-9-35-21/h4-6,9-13,20,24H,7-8,14-15H2,1-3H3,(H2,34,36)(H,35,37,41)/t20-/m0/s1. The molecule has 4 heterocycles. The molecule has 1 saturated carbocycles. The van der Waals surface area contributed by atoms with Crippen LogP contribution in [0.4, 0.5) is 29.6 Å². The van der Waals surface area contributed by atoms with Gasteiger partial charge in [-0.15, -0.1) is 0 Å². The number of aromatic nitrogens is 4. The number of carbonyl (C=O) groups is 2. The first-order valence-corrected chi connectivity index (χ1v) is 13.8. The van der Waals surface area contributed by atoms with Crippen LogP contribution in [0, 0.1) is 11.2 Å². The van der Waals surface area contributed by atoms with Gasteiger partial charge in [0, 0.05) is 41.8 Å². The third kappa shape index (κ3) is 5.46. The summed E-state index contributed by atoms with van der Waals surface area (Å²) in [6, 6.07) is 5.57. The molecule has 2 fully saturated rings. The van der Waals surface area contributed by atoms with Crippen molar-refractivity contribution in [2.45, 2.75) is 58.1 Å². The van der Waals surface area contributed by atoms with Crippen molar-refractivity contribution in [2.24, 2.45) is 5.41 Å². The molecule has 0 radical (unpaired) electrons. The van der Waals surface area contributed by atoms with E-state index >= 15 is 4.39 Å². The zero-order valence-electron chi connectivity index (χ0n) is 23.8. The molecule has 1 aliphatic carbocycles. The minimum absolute atomic E-state index is 0.00388. The smallest absolute Gasteiger partial charge is 0.410 e. The molecule has 224 valence electrons. The molecule has 10 nitrogen and oxygen atoms in total. The van der Waals surface area contributed by atoms with Crippen molar-refractivity contribution in [2.75, 3.05) is 17.6 Å². The Morgan fingerprint density at radius 1 is 1.14 bits per heavy atom. The lowest BCUT2D eigenvalue weighted by Crippen LogP contribution is -2.37. The summed E-state index contributed by atoms with van der Waals surface area (Å²) in [5.41, 5.74) is 5.86. The normalized spacial score (nSPS) is 17.6. The molecule has 0 bridgehead atoms. The molecule has 1 aromatic carbocycles. The van der Waals surface area contributed by atoms with E-state index in [1.165, 1.54) is 18.3 Å². The van der Waals surface area contributed by atoms with Gasteiger partial charge in [-0.05, 0) is 75.8 Å². The Balaban J connectivity index is 1.35. The number of nitrogens with zero attached hydrogens (tertiary/aromatic N) is 5. The Morgan fingerprint density at radius 3 is 2.58 bits per heavy atom. The topological polar surface area (TPSA) is 128 Å². The first kappa shape index (κ1) is 28.4. The van der Waals surface area contributed by atoms with Gasteiger partial charge in [0.15, 0.2) is 0 Å². The number of carbonyl (C=O) groups excluding carboxylic acids is 2. The van der Waals surface area contributed by atoms with E-state index in [2.05, 4.69) is 15.3 Å². The number of likely N-dealkylation sites (tertiary alicyclic amines) is 1. The van der Waals surface area contributed by atoms with E-state index in [4.69, 9.17) is 15.5 Å². The quantitative estimate of drug-likeness (QED) is 0.284. The van der Waals surface area contributed by atoms with Gasteiger partial charge in [0.05, 0.1) is 6.04 Å². The number of hydrogen-bond donors (Lipinski definition) is 2. The Hall–Kier alpha value is -4.68. The van der Waals surface area contributed by atoms with Gasteiger partial charge in [-0.1, -0.05) is 0 Å². The number of imidazole rings is 1. The van der Waals surface area contributed by atoms with Crippen molar-refractivity contribution < 1.29 is 27.5 Å². The third-order valence-electron chi connectivity index (χ3n) is 7.77. The first-order valence-electron chi connectivity index (χ1n) is 13.8. The summed E-state index contributed by atoms with van der Waals surface area (Å²) in [4.78, 5) is 40.7. The van der Waals surface area contributed by atoms with Gasteiger partial charge in [-0.3, -0.25) is 14.1 Å². The van der Waals surface area contributed by atoms with Crippen LogP contribution in [0.1, 0.15) is 74.2 Å². The van der Waals surface area contributed by atoms with Gasteiger partial charge in [0.1, 0.15) is 40.1 Å². The van der Waals surface area contributed by atoms with Crippen LogP contribution in [-0.2, 0) is 4.74 Å². The Kier molecular flexibility index (Phi) is 6.78. The highest BCUT2D eigenvalue weighted by molar-refractivity contribution is 6.04.